The molecule has 0 radical (unpaired) electrons. The molecule has 0 spiro atoms. The Labute approximate surface area is 160 Å². The van der Waals surface area contributed by atoms with Crippen LogP contribution in [0.5, 0.6) is 5.75 Å². The largest absolute Gasteiger partial charge is 0.497 e. The number of ether oxygens (including phenoxy) is 1. The number of rotatable bonds is 3. The minimum absolute atomic E-state index is 0.417. The van der Waals surface area contributed by atoms with Crippen molar-refractivity contribution in [3.63, 3.8) is 0 Å². The van der Waals surface area contributed by atoms with Gasteiger partial charge in [-0.3, -0.25) is 4.68 Å². The lowest BCUT2D eigenvalue weighted by Gasteiger charge is -2.11. The van der Waals surface area contributed by atoms with Crippen LogP contribution < -0.4 is 4.74 Å². The van der Waals surface area contributed by atoms with Gasteiger partial charge in [0.2, 0.25) is 11.7 Å². The van der Waals surface area contributed by atoms with E-state index in [1.807, 2.05) is 36.3 Å². The highest BCUT2D eigenvalue weighted by atomic mass is 16.5. The summed E-state index contributed by atoms with van der Waals surface area (Å²) in [6, 6.07) is 6.02. The summed E-state index contributed by atoms with van der Waals surface area (Å²) in [6.07, 6.45) is 6.81. The van der Waals surface area contributed by atoms with E-state index in [1.54, 1.807) is 7.11 Å². The minimum Gasteiger partial charge on any atom is -0.497 e. The minimum atomic E-state index is 0.417. The monoisotopic (exact) mass is 374 g/mol. The molecule has 3 aromatic heterocycles. The third-order valence-corrected chi connectivity index (χ3v) is 5.43. The van der Waals surface area contributed by atoms with E-state index in [0.717, 1.165) is 58.4 Å². The predicted octanol–water partition coefficient (Wildman–Crippen LogP) is 3.11. The first-order valence-corrected chi connectivity index (χ1v) is 9.33. The molecule has 6 rings (SSSR count). The molecule has 8 heteroatoms. The molecule has 0 saturated heterocycles. The van der Waals surface area contributed by atoms with E-state index in [2.05, 4.69) is 25.9 Å². The zero-order chi connectivity index (χ0) is 18.8. The summed E-state index contributed by atoms with van der Waals surface area (Å²) in [7, 11) is 3.61. The number of hydrogen-bond donors (Lipinski definition) is 0. The van der Waals surface area contributed by atoms with Crippen LogP contribution in [-0.2, 0) is 13.5 Å². The molecule has 28 heavy (non-hydrogen) atoms. The zero-order valence-electron chi connectivity index (χ0n) is 15.6. The molecule has 0 atom stereocenters. The molecule has 2 aliphatic rings. The lowest BCUT2D eigenvalue weighted by Crippen LogP contribution is -2.01. The van der Waals surface area contributed by atoms with E-state index in [4.69, 9.17) is 14.4 Å². The second-order valence-electron chi connectivity index (χ2n) is 7.38. The molecular formula is C20H18N6O2. The second-order valence-corrected chi connectivity index (χ2v) is 7.38. The van der Waals surface area contributed by atoms with Crippen molar-refractivity contribution in [1.82, 2.24) is 29.5 Å². The molecule has 4 heterocycles. The molecule has 1 aliphatic heterocycles. The van der Waals surface area contributed by atoms with Gasteiger partial charge in [-0.15, -0.1) is 0 Å². The highest BCUT2D eigenvalue weighted by Crippen LogP contribution is 2.41. The van der Waals surface area contributed by atoms with E-state index in [-0.39, 0.29) is 0 Å². The van der Waals surface area contributed by atoms with Gasteiger partial charge < -0.3 is 13.8 Å². The van der Waals surface area contributed by atoms with Gasteiger partial charge in [-0.05, 0) is 31.0 Å². The maximum Gasteiger partial charge on any atom is 0.230 e. The molecule has 4 aromatic rings. The molecule has 0 amide bonds. The molecule has 8 nitrogen and oxygen atoms in total. The Morgan fingerprint density at radius 2 is 2.11 bits per heavy atom. The fraction of sp³-hybridized carbons (Fsp3) is 0.300. The maximum absolute atomic E-state index is 5.46. The molecule has 140 valence electrons. The Hall–Kier alpha value is -3.42. The molecule has 0 bridgehead atoms. The summed E-state index contributed by atoms with van der Waals surface area (Å²) < 4.78 is 14.9. The Morgan fingerprint density at radius 3 is 2.93 bits per heavy atom. The van der Waals surface area contributed by atoms with Crippen LogP contribution in [0.1, 0.15) is 35.9 Å². The first kappa shape index (κ1) is 15.6. The Morgan fingerprint density at radius 1 is 1.21 bits per heavy atom. The Bertz CT molecular complexity index is 1210. The van der Waals surface area contributed by atoms with Crippen LogP contribution >= 0.6 is 0 Å². The molecule has 0 N–H and O–H groups in total. The second kappa shape index (κ2) is 5.54. The van der Waals surface area contributed by atoms with Gasteiger partial charge in [0.25, 0.3) is 0 Å². The van der Waals surface area contributed by atoms with Crippen LogP contribution in [0.3, 0.4) is 0 Å². The number of fused-ring (bicyclic) bond motifs is 5. The number of methoxy groups -OCH3 is 1. The van der Waals surface area contributed by atoms with E-state index in [9.17, 15) is 0 Å². The van der Waals surface area contributed by atoms with Crippen LogP contribution in [0.4, 0.5) is 0 Å². The third kappa shape index (κ3) is 2.24. The Balaban J connectivity index is 1.57. The van der Waals surface area contributed by atoms with Crippen LogP contribution in [0.15, 0.2) is 35.2 Å². The SMILES string of the molecule is COc1ccc2c(c1)-c1nn(C)cc1Cc1c(-c3noc(C4CC4)n3)ncn1-2. The topological polar surface area (TPSA) is 83.8 Å². The van der Waals surface area contributed by atoms with Crippen LogP contribution in [0.25, 0.3) is 28.5 Å². The van der Waals surface area contributed by atoms with Gasteiger partial charge >= 0.3 is 0 Å². The summed E-state index contributed by atoms with van der Waals surface area (Å²) >= 11 is 0. The van der Waals surface area contributed by atoms with Gasteiger partial charge in [0.05, 0.1) is 24.2 Å². The van der Waals surface area contributed by atoms with E-state index < -0.39 is 0 Å². The summed E-state index contributed by atoms with van der Waals surface area (Å²) in [5.41, 5.74) is 5.90. The number of hydrogen-bond acceptors (Lipinski definition) is 6. The van der Waals surface area contributed by atoms with Gasteiger partial charge in [0.1, 0.15) is 17.8 Å². The van der Waals surface area contributed by atoms with Crippen molar-refractivity contribution in [2.24, 2.45) is 7.05 Å². The van der Waals surface area contributed by atoms with Crippen LogP contribution in [-0.4, -0.2) is 36.6 Å². The lowest BCUT2D eigenvalue weighted by molar-refractivity contribution is 0.380. The van der Waals surface area contributed by atoms with E-state index >= 15 is 0 Å². The van der Waals surface area contributed by atoms with E-state index in [1.165, 1.54) is 0 Å². The average molecular weight is 374 g/mol. The first-order valence-electron chi connectivity index (χ1n) is 9.33. The number of benzene rings is 1. The summed E-state index contributed by atoms with van der Waals surface area (Å²) in [4.78, 5) is 9.25. The van der Waals surface area contributed by atoms with Crippen molar-refractivity contribution in [1.29, 1.82) is 0 Å². The average Bonchev–Trinajstić information content (AvgIpc) is 3.16. The van der Waals surface area contributed by atoms with Crippen molar-refractivity contribution >= 4 is 0 Å². The van der Waals surface area contributed by atoms with E-state index in [0.29, 0.717) is 18.2 Å². The quantitative estimate of drug-likeness (QED) is 0.482. The smallest absolute Gasteiger partial charge is 0.230 e. The number of nitrogens with zero attached hydrogens (tertiary/aromatic N) is 6. The molecule has 1 fully saturated rings. The van der Waals surface area contributed by atoms with Gasteiger partial charge in [0, 0.05) is 36.7 Å². The highest BCUT2D eigenvalue weighted by Gasteiger charge is 2.32. The molecule has 0 unspecified atom stereocenters. The summed E-state index contributed by atoms with van der Waals surface area (Å²) in [6.45, 7) is 0. The number of aryl methyl sites for hydroxylation is 1. The zero-order valence-corrected chi connectivity index (χ0v) is 15.6. The fourth-order valence-electron chi connectivity index (χ4n) is 3.88. The van der Waals surface area contributed by atoms with Crippen molar-refractivity contribution in [2.75, 3.05) is 7.11 Å². The van der Waals surface area contributed by atoms with Crippen molar-refractivity contribution in [2.45, 2.75) is 25.2 Å². The standard InChI is InChI=1S/C20H18N6O2/c1-25-9-12-7-16-18(19-22-20(28-24-19)11-3-4-11)21-10-26(16)15-6-5-13(27-2)8-14(15)17(12)23-25/h5-6,8-11H,3-4,7H2,1-2H3. The van der Waals surface area contributed by atoms with Crippen molar-refractivity contribution in [3.8, 4) is 34.2 Å². The van der Waals surface area contributed by atoms with Gasteiger partial charge in [-0.2, -0.15) is 10.1 Å². The normalized spacial score (nSPS) is 14.9. The van der Waals surface area contributed by atoms with Crippen molar-refractivity contribution in [3.05, 3.63) is 47.9 Å². The van der Waals surface area contributed by atoms with Gasteiger partial charge in [0.15, 0.2) is 0 Å². The molecule has 1 aromatic carbocycles. The summed E-state index contributed by atoms with van der Waals surface area (Å²) in [5, 5.41) is 8.91. The van der Waals surface area contributed by atoms with Crippen LogP contribution in [0, 0.1) is 0 Å². The number of aromatic nitrogens is 6. The van der Waals surface area contributed by atoms with Crippen molar-refractivity contribution < 1.29 is 9.26 Å². The first-order chi connectivity index (χ1) is 13.7. The molecule has 1 saturated carbocycles. The molecule has 1 aliphatic carbocycles. The van der Waals surface area contributed by atoms with Crippen LogP contribution in [0.2, 0.25) is 0 Å². The number of imidazole rings is 1. The highest BCUT2D eigenvalue weighted by molar-refractivity contribution is 5.77. The fourth-order valence-corrected chi connectivity index (χ4v) is 3.88. The molecular weight excluding hydrogens is 356 g/mol. The lowest BCUT2D eigenvalue weighted by atomic mass is 10.0. The van der Waals surface area contributed by atoms with Gasteiger partial charge in [-0.25, -0.2) is 4.98 Å². The maximum atomic E-state index is 5.46. The Kier molecular flexibility index (Phi) is 3.09. The predicted molar refractivity (Wildman–Crippen MR) is 100 cm³/mol. The van der Waals surface area contributed by atoms with Gasteiger partial charge in [-0.1, -0.05) is 5.16 Å². The summed E-state index contributed by atoms with van der Waals surface area (Å²) in [5.74, 6) is 2.49. The third-order valence-electron chi connectivity index (χ3n) is 5.43.